The number of halogens is 1. The summed E-state index contributed by atoms with van der Waals surface area (Å²) >= 11 is 0. The van der Waals surface area contributed by atoms with Crippen molar-refractivity contribution >= 4 is 0 Å². The molecule has 2 rings (SSSR count). The molecular formula is C12H14FN3O. The summed E-state index contributed by atoms with van der Waals surface area (Å²) in [5.41, 5.74) is 1.64. The Morgan fingerprint density at radius 3 is 2.88 bits per heavy atom. The van der Waals surface area contributed by atoms with Gasteiger partial charge >= 0.3 is 0 Å². The number of aliphatic hydroxyl groups excluding tert-OH is 1. The molecule has 2 aromatic heterocycles. The summed E-state index contributed by atoms with van der Waals surface area (Å²) in [7, 11) is 1.78. The highest BCUT2D eigenvalue weighted by atomic mass is 19.1. The van der Waals surface area contributed by atoms with Crippen molar-refractivity contribution in [3.8, 4) is 0 Å². The zero-order valence-corrected chi connectivity index (χ0v) is 9.76. The maximum Gasteiger partial charge on any atom is 0.147 e. The molecule has 0 aliphatic heterocycles. The first kappa shape index (κ1) is 11.7. The van der Waals surface area contributed by atoms with Gasteiger partial charge in [-0.3, -0.25) is 9.67 Å². The maximum absolute atomic E-state index is 13.5. The number of nitrogens with zero attached hydrogens (tertiary/aromatic N) is 3. The minimum Gasteiger partial charge on any atom is -0.383 e. The van der Waals surface area contributed by atoms with Crippen LogP contribution in [0.4, 0.5) is 4.39 Å². The lowest BCUT2D eigenvalue weighted by Crippen LogP contribution is -2.04. The van der Waals surface area contributed by atoms with E-state index in [1.165, 1.54) is 12.3 Å². The molecule has 0 aromatic carbocycles. The lowest BCUT2D eigenvalue weighted by Gasteiger charge is -2.11. The molecular weight excluding hydrogens is 221 g/mol. The lowest BCUT2D eigenvalue weighted by molar-refractivity contribution is 0.213. The minimum atomic E-state index is -0.998. The van der Waals surface area contributed by atoms with E-state index in [4.69, 9.17) is 0 Å². The van der Waals surface area contributed by atoms with Crippen LogP contribution in [0.2, 0.25) is 0 Å². The number of hydrogen-bond acceptors (Lipinski definition) is 3. The van der Waals surface area contributed by atoms with Gasteiger partial charge in [0, 0.05) is 30.6 Å². The van der Waals surface area contributed by atoms with Crippen molar-refractivity contribution in [1.29, 1.82) is 0 Å². The molecule has 2 heterocycles. The fourth-order valence-electron chi connectivity index (χ4n) is 1.83. The molecule has 0 saturated carbocycles. The van der Waals surface area contributed by atoms with E-state index in [2.05, 4.69) is 10.1 Å². The van der Waals surface area contributed by atoms with Gasteiger partial charge in [-0.2, -0.15) is 5.10 Å². The first-order chi connectivity index (χ1) is 8.13. The molecule has 0 amide bonds. The largest absolute Gasteiger partial charge is 0.383 e. The first-order valence-electron chi connectivity index (χ1n) is 5.43. The summed E-state index contributed by atoms with van der Waals surface area (Å²) in [4.78, 5) is 3.66. The minimum absolute atomic E-state index is 0.225. The van der Waals surface area contributed by atoms with Gasteiger partial charge < -0.3 is 5.11 Å². The summed E-state index contributed by atoms with van der Waals surface area (Å²) < 4.78 is 15.1. The van der Waals surface area contributed by atoms with E-state index in [0.717, 1.165) is 11.9 Å². The SMILES string of the molecule is CCc1nn(C)cc1C(O)c1ccncc1F. The fraction of sp³-hybridized carbons (Fsp3) is 0.333. The smallest absolute Gasteiger partial charge is 0.147 e. The molecule has 0 bridgehead atoms. The van der Waals surface area contributed by atoms with Crippen molar-refractivity contribution in [2.75, 3.05) is 0 Å². The van der Waals surface area contributed by atoms with Crippen LogP contribution in [0.25, 0.3) is 0 Å². The van der Waals surface area contributed by atoms with Crippen LogP contribution in [-0.2, 0) is 13.5 Å². The van der Waals surface area contributed by atoms with Crippen LogP contribution in [0, 0.1) is 5.82 Å². The second-order valence-electron chi connectivity index (χ2n) is 3.86. The Morgan fingerprint density at radius 2 is 2.24 bits per heavy atom. The molecule has 1 unspecified atom stereocenters. The highest BCUT2D eigenvalue weighted by molar-refractivity contribution is 5.30. The Morgan fingerprint density at radius 1 is 1.47 bits per heavy atom. The number of aromatic nitrogens is 3. The van der Waals surface area contributed by atoms with Crippen molar-refractivity contribution < 1.29 is 9.50 Å². The quantitative estimate of drug-likeness (QED) is 0.879. The van der Waals surface area contributed by atoms with Gasteiger partial charge in [-0.1, -0.05) is 6.92 Å². The van der Waals surface area contributed by atoms with Crippen LogP contribution in [0.3, 0.4) is 0 Å². The maximum atomic E-state index is 13.5. The van der Waals surface area contributed by atoms with Gasteiger partial charge in [0.25, 0.3) is 0 Å². The van der Waals surface area contributed by atoms with E-state index in [0.29, 0.717) is 12.0 Å². The van der Waals surface area contributed by atoms with Gasteiger partial charge in [-0.25, -0.2) is 4.39 Å². The van der Waals surface area contributed by atoms with E-state index >= 15 is 0 Å². The summed E-state index contributed by atoms with van der Waals surface area (Å²) in [6, 6.07) is 1.48. The predicted octanol–water partition coefficient (Wildman–Crippen LogP) is 1.60. The molecule has 0 aliphatic rings. The molecule has 4 nitrogen and oxygen atoms in total. The molecule has 2 aromatic rings. The average Bonchev–Trinajstić information content (AvgIpc) is 2.70. The van der Waals surface area contributed by atoms with Gasteiger partial charge in [-0.05, 0) is 12.5 Å². The molecule has 5 heteroatoms. The third kappa shape index (κ3) is 2.19. The molecule has 0 fully saturated rings. The molecule has 1 N–H and O–H groups in total. The third-order valence-electron chi connectivity index (χ3n) is 2.67. The van der Waals surface area contributed by atoms with Crippen LogP contribution >= 0.6 is 0 Å². The number of pyridine rings is 1. The number of aliphatic hydroxyl groups is 1. The monoisotopic (exact) mass is 235 g/mol. The van der Waals surface area contributed by atoms with Crippen molar-refractivity contribution in [1.82, 2.24) is 14.8 Å². The number of hydrogen-bond donors (Lipinski definition) is 1. The molecule has 17 heavy (non-hydrogen) atoms. The highest BCUT2D eigenvalue weighted by Crippen LogP contribution is 2.25. The summed E-state index contributed by atoms with van der Waals surface area (Å²) in [6.45, 7) is 1.95. The van der Waals surface area contributed by atoms with Crippen molar-refractivity contribution in [2.45, 2.75) is 19.4 Å². The predicted molar refractivity (Wildman–Crippen MR) is 60.8 cm³/mol. The van der Waals surface area contributed by atoms with Crippen LogP contribution < -0.4 is 0 Å². The molecule has 0 radical (unpaired) electrons. The summed E-state index contributed by atoms with van der Waals surface area (Å²) in [5, 5.41) is 14.4. The van der Waals surface area contributed by atoms with Crippen molar-refractivity contribution in [2.24, 2.45) is 7.05 Å². The zero-order chi connectivity index (χ0) is 12.4. The number of aryl methyl sites for hydroxylation is 2. The zero-order valence-electron chi connectivity index (χ0n) is 9.76. The molecule has 0 spiro atoms. The topological polar surface area (TPSA) is 50.9 Å². The average molecular weight is 235 g/mol. The van der Waals surface area contributed by atoms with Crippen LogP contribution in [0.15, 0.2) is 24.7 Å². The second-order valence-corrected chi connectivity index (χ2v) is 3.86. The van der Waals surface area contributed by atoms with Gasteiger partial charge in [0.2, 0.25) is 0 Å². The summed E-state index contributed by atoms with van der Waals surface area (Å²) in [5.74, 6) is -0.508. The Bertz CT molecular complexity index is 524. The van der Waals surface area contributed by atoms with E-state index < -0.39 is 11.9 Å². The molecule has 1 atom stereocenters. The third-order valence-corrected chi connectivity index (χ3v) is 2.67. The standard InChI is InChI=1S/C12H14FN3O/c1-3-11-9(7-16(2)15-11)12(17)8-4-5-14-6-10(8)13/h4-7,12,17H,3H2,1-2H3. The molecule has 0 saturated heterocycles. The van der Waals surface area contributed by atoms with Crippen LogP contribution in [-0.4, -0.2) is 19.9 Å². The van der Waals surface area contributed by atoms with E-state index in [-0.39, 0.29) is 5.56 Å². The van der Waals surface area contributed by atoms with Crippen molar-refractivity contribution in [3.63, 3.8) is 0 Å². The van der Waals surface area contributed by atoms with Crippen molar-refractivity contribution in [3.05, 3.63) is 47.3 Å². The van der Waals surface area contributed by atoms with E-state index in [1.807, 2.05) is 6.92 Å². The normalized spacial score (nSPS) is 12.7. The number of rotatable bonds is 3. The van der Waals surface area contributed by atoms with E-state index in [9.17, 15) is 9.50 Å². The van der Waals surface area contributed by atoms with Gasteiger partial charge in [0.15, 0.2) is 0 Å². The lowest BCUT2D eigenvalue weighted by atomic mass is 10.0. The van der Waals surface area contributed by atoms with Gasteiger partial charge in [0.05, 0.1) is 11.9 Å². The van der Waals surface area contributed by atoms with E-state index in [1.54, 1.807) is 17.9 Å². The molecule has 0 aliphatic carbocycles. The highest BCUT2D eigenvalue weighted by Gasteiger charge is 2.19. The summed E-state index contributed by atoms with van der Waals surface area (Å²) in [6.07, 6.45) is 3.97. The Balaban J connectivity index is 2.43. The van der Waals surface area contributed by atoms with Crippen LogP contribution in [0.5, 0.6) is 0 Å². The Hall–Kier alpha value is -1.75. The van der Waals surface area contributed by atoms with Gasteiger partial charge in [0.1, 0.15) is 11.9 Å². The second kappa shape index (κ2) is 4.63. The molecule has 90 valence electrons. The Kier molecular flexibility index (Phi) is 3.19. The Labute approximate surface area is 98.7 Å². The van der Waals surface area contributed by atoms with Crippen LogP contribution in [0.1, 0.15) is 29.8 Å². The first-order valence-corrected chi connectivity index (χ1v) is 5.43. The van der Waals surface area contributed by atoms with Gasteiger partial charge in [-0.15, -0.1) is 0 Å². The fourth-order valence-corrected chi connectivity index (χ4v) is 1.83.